The van der Waals surface area contributed by atoms with Crippen LogP contribution in [0.25, 0.3) is 44.1 Å². The van der Waals surface area contributed by atoms with Crippen molar-refractivity contribution in [1.82, 2.24) is 60.6 Å². The first kappa shape index (κ1) is 47.9. The molecule has 10 rings (SSSR count). The maximum Gasteiger partial charge on any atom is 0.410 e. The van der Waals surface area contributed by atoms with Gasteiger partial charge in [0.25, 0.3) is 17.0 Å². The lowest BCUT2D eigenvalue weighted by Crippen LogP contribution is -2.42. The summed E-state index contributed by atoms with van der Waals surface area (Å²) in [5.74, 6) is -1.40. The number of aromatic nitrogens is 10. The average Bonchev–Trinajstić information content (AvgIpc) is 4.08. The first-order chi connectivity index (χ1) is 33.7. The summed E-state index contributed by atoms with van der Waals surface area (Å²) in [7, 11) is 0. The number of fused-ring (bicyclic) bond motifs is 2. The van der Waals surface area contributed by atoms with Crippen molar-refractivity contribution >= 4 is 50.9 Å². The van der Waals surface area contributed by atoms with Gasteiger partial charge in [0.05, 0.1) is 46.6 Å². The molecule has 21 heteroatoms. The van der Waals surface area contributed by atoms with E-state index in [2.05, 4.69) is 51.7 Å². The van der Waals surface area contributed by atoms with Gasteiger partial charge in [0, 0.05) is 46.4 Å². The van der Waals surface area contributed by atoms with E-state index in [1.54, 1.807) is 44.7 Å². The Balaban J connectivity index is 0.000000148. The lowest BCUT2D eigenvalue weighted by atomic mass is 10.0. The summed E-state index contributed by atoms with van der Waals surface area (Å²) >= 11 is 0. The minimum Gasteiger partial charge on any atom is -0.476 e. The summed E-state index contributed by atoms with van der Waals surface area (Å²) in [5.41, 5.74) is 9.52. The molecular weight excluding hydrogens is 897 g/mol. The summed E-state index contributed by atoms with van der Waals surface area (Å²) in [4.78, 5) is 60.6. The van der Waals surface area contributed by atoms with E-state index in [1.807, 2.05) is 93.6 Å². The zero-order valence-electron chi connectivity index (χ0n) is 38.7. The molecule has 0 saturated carbocycles. The van der Waals surface area contributed by atoms with Crippen molar-refractivity contribution in [3.05, 3.63) is 142 Å². The van der Waals surface area contributed by atoms with Crippen LogP contribution in [0, 0.1) is 0 Å². The number of amides is 2. The molecule has 2 aliphatic rings. The summed E-state index contributed by atoms with van der Waals surface area (Å²) in [6.07, 6.45) is 6.15. The summed E-state index contributed by atoms with van der Waals surface area (Å²) in [5, 5.41) is 46.8. The molecule has 0 atom stereocenters. The second-order valence-corrected chi connectivity index (χ2v) is 17.7. The number of carbonyl (C=O) groups excluding carboxylic acids is 2. The van der Waals surface area contributed by atoms with Crippen LogP contribution in [0.5, 0.6) is 0 Å². The standard InChI is InChI=1S/C22H21N7O2.C14H11N3O.C13H20N4O4/c30-21-18-4-2-1-3-17(18)20(26-27-21)14-5-7-15(8-6-14)24-22(31)19-13-29(28-25-19)16-9-11-23-12-10-16;15-10-7-5-9(6-8-10)13-11-3-1-2-4-12(11)14(18)17-16-13;1-13(2,3)21-12(20)16-6-4-9(5-7-16)17-8-10(11(18)19)14-15-17/h1-8,13,16,23H,9-12H2,(H,24,31)(H,27,30);1-8H,15H2,(H,17,18);8-9H,4-7H2,1-3H3,(H,18,19). The van der Waals surface area contributed by atoms with Gasteiger partial charge >= 0.3 is 12.1 Å². The Morgan fingerprint density at radius 2 is 1.14 bits per heavy atom. The molecule has 7 N–H and O–H groups in total. The third-order valence-electron chi connectivity index (χ3n) is 11.6. The minimum atomic E-state index is -1.09. The van der Waals surface area contributed by atoms with Gasteiger partial charge in [-0.05, 0) is 95.9 Å². The number of carbonyl (C=O) groups is 3. The monoisotopic (exact) mass is 948 g/mol. The molecule has 0 bridgehead atoms. The van der Waals surface area contributed by atoms with Crippen LogP contribution in [0.3, 0.4) is 0 Å². The first-order valence-electron chi connectivity index (χ1n) is 22.7. The van der Waals surface area contributed by atoms with E-state index in [0.717, 1.165) is 53.5 Å². The van der Waals surface area contributed by atoms with Gasteiger partial charge in [-0.15, -0.1) is 10.2 Å². The van der Waals surface area contributed by atoms with Gasteiger partial charge in [-0.3, -0.25) is 14.4 Å². The molecular formula is C49H52N14O7. The van der Waals surface area contributed by atoms with Gasteiger partial charge in [-0.2, -0.15) is 10.2 Å². The Hall–Kier alpha value is -8.59. The van der Waals surface area contributed by atoms with Crippen molar-refractivity contribution in [3.8, 4) is 22.5 Å². The number of anilines is 2. The van der Waals surface area contributed by atoms with Crippen LogP contribution in [0.1, 0.15) is 79.5 Å². The van der Waals surface area contributed by atoms with Crippen LogP contribution >= 0.6 is 0 Å². The number of piperidine rings is 2. The van der Waals surface area contributed by atoms with Gasteiger partial charge in [0.15, 0.2) is 11.4 Å². The van der Waals surface area contributed by atoms with E-state index in [0.29, 0.717) is 53.8 Å². The van der Waals surface area contributed by atoms with Crippen molar-refractivity contribution in [2.45, 2.75) is 64.1 Å². The SMILES string of the molecule is CC(C)(C)OC(=O)N1CCC(n2cc(C(=O)O)nn2)CC1.Nc1ccc(-c2n[nH]c(=O)c3ccccc23)cc1.O=C(Nc1ccc(-c2n[nH]c(=O)c3ccccc23)cc1)c1cn(C2CCNCC2)nn1. The summed E-state index contributed by atoms with van der Waals surface area (Å²) in [6, 6.07) is 29.8. The predicted octanol–water partition coefficient (Wildman–Crippen LogP) is 6.08. The van der Waals surface area contributed by atoms with Crippen LogP contribution in [-0.4, -0.2) is 110 Å². The third kappa shape index (κ3) is 11.6. The molecule has 0 unspecified atom stereocenters. The van der Waals surface area contributed by atoms with E-state index in [-0.39, 0.29) is 46.6 Å². The van der Waals surface area contributed by atoms with E-state index in [4.69, 9.17) is 15.6 Å². The van der Waals surface area contributed by atoms with Crippen LogP contribution in [0.4, 0.5) is 16.2 Å². The fourth-order valence-electron chi connectivity index (χ4n) is 8.04. The van der Waals surface area contributed by atoms with Gasteiger partial charge < -0.3 is 31.1 Å². The highest BCUT2D eigenvalue weighted by atomic mass is 16.6. The van der Waals surface area contributed by atoms with Crippen molar-refractivity contribution in [3.63, 3.8) is 0 Å². The molecule has 0 spiro atoms. The minimum absolute atomic E-state index is 0.0595. The van der Waals surface area contributed by atoms with Crippen molar-refractivity contribution in [2.75, 3.05) is 37.2 Å². The zero-order chi connectivity index (χ0) is 49.4. The number of carboxylic acids is 1. The van der Waals surface area contributed by atoms with Crippen molar-refractivity contribution in [1.29, 1.82) is 0 Å². The average molecular weight is 949 g/mol. The Morgan fingerprint density at radius 1 is 0.671 bits per heavy atom. The molecule has 2 aliphatic heterocycles. The fraction of sp³-hybridized carbons (Fsp3) is 0.286. The highest BCUT2D eigenvalue weighted by Crippen LogP contribution is 2.27. The van der Waals surface area contributed by atoms with Crippen molar-refractivity contribution < 1.29 is 24.2 Å². The first-order valence-corrected chi connectivity index (χ1v) is 22.7. The molecule has 4 aromatic carbocycles. The molecule has 2 fully saturated rings. The number of carboxylic acid groups (broad SMARTS) is 1. The number of H-pyrrole nitrogens is 2. The highest BCUT2D eigenvalue weighted by Gasteiger charge is 2.28. The summed E-state index contributed by atoms with van der Waals surface area (Å²) in [6.45, 7) is 8.50. The second kappa shape index (κ2) is 21.1. The highest BCUT2D eigenvalue weighted by molar-refractivity contribution is 6.03. The number of aromatic carboxylic acids is 1. The molecule has 70 heavy (non-hydrogen) atoms. The number of nitrogens with two attached hydrogens (primary N) is 1. The molecule has 8 aromatic rings. The van der Waals surface area contributed by atoms with Crippen LogP contribution in [0.2, 0.25) is 0 Å². The zero-order valence-corrected chi connectivity index (χ0v) is 38.7. The molecule has 0 aliphatic carbocycles. The molecule has 2 amide bonds. The van der Waals surface area contributed by atoms with Crippen LogP contribution in [0.15, 0.2) is 119 Å². The quantitative estimate of drug-likeness (QED) is 0.0988. The normalized spacial score (nSPS) is 14.2. The summed E-state index contributed by atoms with van der Waals surface area (Å²) < 4.78 is 8.68. The number of aromatic amines is 2. The lowest BCUT2D eigenvalue weighted by Gasteiger charge is -2.33. The topological polar surface area (TPSA) is 287 Å². The number of hydrogen-bond donors (Lipinski definition) is 6. The van der Waals surface area contributed by atoms with Crippen LogP contribution in [-0.2, 0) is 4.74 Å². The molecule has 6 heterocycles. The van der Waals surface area contributed by atoms with E-state index in [1.165, 1.54) is 6.20 Å². The smallest absolute Gasteiger partial charge is 0.410 e. The number of benzene rings is 4. The molecule has 2 saturated heterocycles. The number of nitrogens with zero attached hydrogens (tertiary/aromatic N) is 9. The number of nitrogens with one attached hydrogen (secondary N) is 4. The maximum absolute atomic E-state index is 12.6. The van der Waals surface area contributed by atoms with Gasteiger partial charge in [0.2, 0.25) is 0 Å². The molecule has 21 nitrogen and oxygen atoms in total. The van der Waals surface area contributed by atoms with Crippen LogP contribution < -0.4 is 27.5 Å². The maximum atomic E-state index is 12.6. The number of ether oxygens (including phenoxy) is 1. The largest absolute Gasteiger partial charge is 0.476 e. The predicted molar refractivity (Wildman–Crippen MR) is 262 cm³/mol. The van der Waals surface area contributed by atoms with Gasteiger partial charge in [-0.25, -0.2) is 29.2 Å². The molecule has 4 aromatic heterocycles. The number of likely N-dealkylation sites (tertiary alicyclic amines) is 1. The van der Waals surface area contributed by atoms with Gasteiger partial charge in [-0.1, -0.05) is 71.1 Å². The number of nitrogen functional groups attached to an aromatic ring is 1. The lowest BCUT2D eigenvalue weighted by molar-refractivity contribution is 0.0184. The van der Waals surface area contributed by atoms with E-state index < -0.39 is 11.6 Å². The molecule has 0 radical (unpaired) electrons. The Kier molecular flexibility index (Phi) is 14.5. The van der Waals surface area contributed by atoms with Crippen molar-refractivity contribution in [2.24, 2.45) is 0 Å². The Labute approximate surface area is 400 Å². The Bertz CT molecular complexity index is 3230. The van der Waals surface area contributed by atoms with E-state index in [9.17, 15) is 24.0 Å². The number of rotatable bonds is 7. The molecule has 360 valence electrons. The fourth-order valence-corrected chi connectivity index (χ4v) is 8.04. The Morgan fingerprint density at radius 3 is 1.64 bits per heavy atom. The van der Waals surface area contributed by atoms with Gasteiger partial charge in [0.1, 0.15) is 5.60 Å². The second-order valence-electron chi connectivity index (χ2n) is 17.7. The number of hydrogen-bond acceptors (Lipinski definition) is 14. The third-order valence-corrected chi connectivity index (χ3v) is 11.6. The van der Waals surface area contributed by atoms with E-state index >= 15 is 0 Å².